The van der Waals surface area contributed by atoms with Crippen LogP contribution in [0.25, 0.3) is 0 Å². The summed E-state index contributed by atoms with van der Waals surface area (Å²) < 4.78 is 46.6. The molecule has 1 aromatic carbocycles. The lowest BCUT2D eigenvalue weighted by Gasteiger charge is -2.35. The Hall–Kier alpha value is -4.42. The van der Waals surface area contributed by atoms with Crippen molar-refractivity contribution in [2.75, 3.05) is 42.5 Å². The molecule has 1 unspecified atom stereocenters. The molecule has 10 nitrogen and oxygen atoms in total. The van der Waals surface area contributed by atoms with Gasteiger partial charge in [-0.1, -0.05) is 25.1 Å². The van der Waals surface area contributed by atoms with Crippen molar-refractivity contribution < 1.29 is 37.1 Å². The molecule has 42 heavy (non-hydrogen) atoms. The average molecular weight is 586 g/mol. The van der Waals surface area contributed by atoms with E-state index in [0.717, 1.165) is 12.8 Å². The maximum atomic E-state index is 13.7. The van der Waals surface area contributed by atoms with E-state index in [2.05, 4.69) is 9.97 Å². The lowest BCUT2D eigenvalue weighted by Crippen LogP contribution is -2.50. The Morgan fingerprint density at radius 3 is 2.57 bits per heavy atom. The number of oxazole rings is 1. The highest BCUT2D eigenvalue weighted by Crippen LogP contribution is 2.35. The number of alkyl halides is 3. The largest absolute Gasteiger partial charge is 0.478 e. The minimum Gasteiger partial charge on any atom is -0.478 e. The first-order valence-electron chi connectivity index (χ1n) is 13.6. The summed E-state index contributed by atoms with van der Waals surface area (Å²) >= 11 is 0. The Morgan fingerprint density at radius 1 is 1.10 bits per heavy atom. The molecule has 5 rings (SSSR count). The summed E-state index contributed by atoms with van der Waals surface area (Å²) in [6.07, 6.45) is -2.04. The zero-order valence-corrected chi connectivity index (χ0v) is 22.9. The number of hydrogen-bond acceptors (Lipinski definition) is 8. The van der Waals surface area contributed by atoms with Crippen LogP contribution in [-0.4, -0.2) is 70.4 Å². The van der Waals surface area contributed by atoms with Crippen LogP contribution in [0.3, 0.4) is 0 Å². The lowest BCUT2D eigenvalue weighted by atomic mass is 10.0. The zero-order chi connectivity index (χ0) is 30.0. The maximum Gasteiger partial charge on any atom is 0.437 e. The molecule has 1 amide bonds. The number of ketones is 1. The number of nitrogens with zero attached hydrogens (tertiary/aromatic N) is 5. The first kappa shape index (κ1) is 29.1. The number of aromatic nitrogens is 2. The van der Waals surface area contributed by atoms with E-state index in [0.29, 0.717) is 43.1 Å². The van der Waals surface area contributed by atoms with Crippen molar-refractivity contribution >= 4 is 29.5 Å². The Bertz CT molecular complexity index is 1470. The highest BCUT2D eigenvalue weighted by molar-refractivity contribution is 5.96. The topological polar surface area (TPSA) is 120 Å². The summed E-state index contributed by atoms with van der Waals surface area (Å²) in [5.41, 5.74) is -0.0701. The first-order chi connectivity index (χ1) is 20.0. The number of piperazine rings is 1. The number of carbonyl (C=O) groups is 3. The van der Waals surface area contributed by atoms with Crippen molar-refractivity contribution in [3.8, 4) is 0 Å². The van der Waals surface area contributed by atoms with Gasteiger partial charge in [-0.05, 0) is 48.1 Å². The summed E-state index contributed by atoms with van der Waals surface area (Å²) in [5, 5.41) is 9.19. The molecule has 0 radical (unpaired) electrons. The summed E-state index contributed by atoms with van der Waals surface area (Å²) in [7, 11) is 0. The number of pyridine rings is 1. The molecule has 0 saturated carbocycles. The number of anilines is 2. The Labute approximate surface area is 239 Å². The average Bonchev–Trinajstić information content (AvgIpc) is 3.42. The van der Waals surface area contributed by atoms with Crippen LogP contribution >= 0.6 is 0 Å². The summed E-state index contributed by atoms with van der Waals surface area (Å²) in [4.78, 5) is 50.0. The molecule has 13 heteroatoms. The van der Waals surface area contributed by atoms with E-state index >= 15 is 0 Å². The third kappa shape index (κ3) is 6.55. The summed E-state index contributed by atoms with van der Waals surface area (Å²) in [6, 6.07) is 9.44. The smallest absolute Gasteiger partial charge is 0.437 e. The fraction of sp³-hybridized carbons (Fsp3) is 0.414. The highest BCUT2D eigenvalue weighted by Gasteiger charge is 2.42. The molecule has 0 bridgehead atoms. The van der Waals surface area contributed by atoms with Crippen molar-refractivity contribution in [3.63, 3.8) is 0 Å². The van der Waals surface area contributed by atoms with Gasteiger partial charge in [-0.25, -0.2) is 9.78 Å². The van der Waals surface area contributed by atoms with Crippen molar-refractivity contribution in [3.05, 3.63) is 70.7 Å². The van der Waals surface area contributed by atoms with Gasteiger partial charge in [0.05, 0.1) is 12.1 Å². The molecular formula is C29H30F3N5O5. The SMILES string of the molecule is CC1CCCN(c2nc(C(F)(F)F)c(C(=O)Cc3ccc(N4CCN(Cc5cccc(C(=O)O)c5)C(=O)C4)nc3)o2)C1. The standard InChI is InChI=1S/C29H30F3N5O5/c1-18-4-3-9-37(15-18)28-34-26(29(30,31)32)25(42-28)22(38)13-19-7-8-23(33-14-19)35-10-11-36(24(39)17-35)16-20-5-2-6-21(12-20)27(40)41/h2,5-8,12,14,18H,3-4,9-11,13,15-17H2,1H3,(H,40,41). The molecule has 0 spiro atoms. The quantitative estimate of drug-likeness (QED) is 0.386. The highest BCUT2D eigenvalue weighted by atomic mass is 19.4. The molecule has 0 aliphatic carbocycles. The normalized spacial score (nSPS) is 18.0. The van der Waals surface area contributed by atoms with Crippen LogP contribution in [0.1, 0.15) is 57.5 Å². The van der Waals surface area contributed by atoms with Gasteiger partial charge in [0.2, 0.25) is 17.5 Å². The van der Waals surface area contributed by atoms with Crippen LogP contribution in [0, 0.1) is 5.92 Å². The molecule has 2 fully saturated rings. The van der Waals surface area contributed by atoms with Gasteiger partial charge >= 0.3 is 12.1 Å². The fourth-order valence-electron chi connectivity index (χ4n) is 5.26. The second kappa shape index (κ2) is 11.8. The zero-order valence-electron chi connectivity index (χ0n) is 22.9. The number of halogens is 3. The van der Waals surface area contributed by atoms with Crippen molar-refractivity contribution in [1.82, 2.24) is 14.9 Å². The van der Waals surface area contributed by atoms with Crippen LogP contribution in [0.15, 0.2) is 47.0 Å². The molecule has 2 aromatic heterocycles. The number of piperidine rings is 1. The van der Waals surface area contributed by atoms with E-state index in [4.69, 9.17) is 4.42 Å². The number of carbonyl (C=O) groups excluding carboxylic acids is 2. The number of Topliss-reactive ketones (excluding diaryl/α,β-unsaturated/α-hetero) is 1. The molecule has 4 heterocycles. The van der Waals surface area contributed by atoms with Gasteiger partial charge in [-0.3, -0.25) is 9.59 Å². The summed E-state index contributed by atoms with van der Waals surface area (Å²) in [6.45, 7) is 4.21. The molecule has 1 atom stereocenters. The van der Waals surface area contributed by atoms with Crippen molar-refractivity contribution in [2.24, 2.45) is 5.92 Å². The van der Waals surface area contributed by atoms with Crippen LogP contribution < -0.4 is 9.80 Å². The van der Waals surface area contributed by atoms with E-state index < -0.39 is 29.4 Å². The van der Waals surface area contributed by atoms with Crippen LogP contribution in [0.5, 0.6) is 0 Å². The van der Waals surface area contributed by atoms with Gasteiger partial charge in [0.1, 0.15) is 5.82 Å². The molecule has 2 aliphatic rings. The molecule has 2 aliphatic heterocycles. The van der Waals surface area contributed by atoms with Gasteiger partial charge in [-0.2, -0.15) is 18.2 Å². The third-order valence-corrected chi connectivity index (χ3v) is 7.43. The molecular weight excluding hydrogens is 555 g/mol. The van der Waals surface area contributed by atoms with Crippen molar-refractivity contribution in [1.29, 1.82) is 0 Å². The van der Waals surface area contributed by atoms with E-state index in [9.17, 15) is 32.7 Å². The van der Waals surface area contributed by atoms with Crippen LogP contribution in [0.2, 0.25) is 0 Å². The Morgan fingerprint density at radius 2 is 1.90 bits per heavy atom. The van der Waals surface area contributed by atoms with Gasteiger partial charge in [0.25, 0.3) is 6.01 Å². The molecule has 2 saturated heterocycles. The van der Waals surface area contributed by atoms with E-state index in [-0.39, 0.29) is 42.9 Å². The van der Waals surface area contributed by atoms with E-state index in [1.165, 1.54) is 18.3 Å². The van der Waals surface area contributed by atoms with Gasteiger partial charge in [-0.15, -0.1) is 0 Å². The van der Waals surface area contributed by atoms with E-state index in [1.54, 1.807) is 39.0 Å². The van der Waals surface area contributed by atoms with Crippen LogP contribution in [-0.2, 0) is 23.9 Å². The lowest BCUT2D eigenvalue weighted by molar-refractivity contribution is -0.141. The number of hydrogen-bond donors (Lipinski definition) is 1. The second-order valence-corrected chi connectivity index (χ2v) is 10.7. The van der Waals surface area contributed by atoms with Gasteiger partial charge < -0.3 is 24.2 Å². The predicted octanol–water partition coefficient (Wildman–Crippen LogP) is 4.30. The molecule has 3 aromatic rings. The minimum absolute atomic E-state index is 0.0504. The first-order valence-corrected chi connectivity index (χ1v) is 13.6. The second-order valence-electron chi connectivity index (χ2n) is 10.7. The van der Waals surface area contributed by atoms with Crippen molar-refractivity contribution in [2.45, 2.75) is 38.9 Å². The Balaban J connectivity index is 1.22. The van der Waals surface area contributed by atoms with Gasteiger partial charge in [0, 0.05) is 45.3 Å². The molecule has 222 valence electrons. The third-order valence-electron chi connectivity index (χ3n) is 7.43. The number of carboxylic acid groups (broad SMARTS) is 1. The monoisotopic (exact) mass is 585 g/mol. The fourth-order valence-corrected chi connectivity index (χ4v) is 5.26. The minimum atomic E-state index is -4.84. The van der Waals surface area contributed by atoms with Crippen LogP contribution in [0.4, 0.5) is 25.0 Å². The maximum absolute atomic E-state index is 13.7. The number of amides is 1. The number of carboxylic acids is 1. The summed E-state index contributed by atoms with van der Waals surface area (Å²) in [5.74, 6) is -2.09. The predicted molar refractivity (Wildman–Crippen MR) is 145 cm³/mol. The Kier molecular flexibility index (Phi) is 8.19. The molecule has 1 N–H and O–H groups in total. The van der Waals surface area contributed by atoms with Gasteiger partial charge in [0.15, 0.2) is 5.69 Å². The van der Waals surface area contributed by atoms with E-state index in [1.807, 2.05) is 6.92 Å². The number of benzene rings is 1. The number of rotatable bonds is 8. The number of aromatic carboxylic acids is 1.